The largest absolute Gasteiger partial charge is 0.508 e. The van der Waals surface area contributed by atoms with Gasteiger partial charge in [-0.15, -0.1) is 0 Å². The molecule has 0 bridgehead atoms. The molecule has 2 aliphatic rings. The van der Waals surface area contributed by atoms with E-state index in [1.54, 1.807) is 12.1 Å². The van der Waals surface area contributed by atoms with Crippen LogP contribution < -0.4 is 14.2 Å². The fraction of sp³-hybridized carbons (Fsp3) is 0.188. The van der Waals surface area contributed by atoms with Crippen molar-refractivity contribution >= 4 is 5.97 Å². The molecule has 5 heteroatoms. The molecule has 4 rings (SSSR count). The zero-order valence-corrected chi connectivity index (χ0v) is 11.0. The van der Waals surface area contributed by atoms with E-state index in [0.29, 0.717) is 17.2 Å². The van der Waals surface area contributed by atoms with Crippen LogP contribution in [0.25, 0.3) is 0 Å². The first-order valence-electron chi connectivity index (χ1n) is 6.64. The number of rotatable bonds is 1. The fourth-order valence-electron chi connectivity index (χ4n) is 2.77. The minimum atomic E-state index is -0.309. The molecular weight excluding hydrogens is 272 g/mol. The van der Waals surface area contributed by atoms with E-state index in [1.807, 2.05) is 18.2 Å². The maximum atomic E-state index is 11.8. The molecule has 0 amide bonds. The summed E-state index contributed by atoms with van der Waals surface area (Å²) in [5.74, 6) is 1.46. The van der Waals surface area contributed by atoms with Crippen molar-refractivity contribution in [1.29, 1.82) is 0 Å². The summed E-state index contributed by atoms with van der Waals surface area (Å²) in [4.78, 5) is 11.8. The van der Waals surface area contributed by atoms with Crippen molar-refractivity contribution in [3.63, 3.8) is 0 Å². The van der Waals surface area contributed by atoms with Gasteiger partial charge in [-0.05, 0) is 23.8 Å². The van der Waals surface area contributed by atoms with Gasteiger partial charge in [0, 0.05) is 17.5 Å². The van der Waals surface area contributed by atoms with E-state index in [-0.39, 0.29) is 30.9 Å². The number of esters is 1. The van der Waals surface area contributed by atoms with Crippen LogP contribution in [0.2, 0.25) is 0 Å². The van der Waals surface area contributed by atoms with Crippen LogP contribution in [0, 0.1) is 0 Å². The molecule has 1 unspecified atom stereocenters. The molecule has 1 N–H and O–H groups in total. The maximum absolute atomic E-state index is 11.8. The van der Waals surface area contributed by atoms with E-state index in [4.69, 9.17) is 14.2 Å². The standard InChI is InChI=1S/C16H12O5/c17-10-2-3-11-12(7-16(18)21-14(11)6-10)9-1-4-13-15(5-9)20-8-19-13/h1-6,12,17H,7-8H2. The third kappa shape index (κ3) is 1.98. The van der Waals surface area contributed by atoms with Gasteiger partial charge in [0.15, 0.2) is 11.5 Å². The van der Waals surface area contributed by atoms with Crippen LogP contribution in [-0.4, -0.2) is 17.9 Å². The number of phenolic OH excluding ortho intramolecular Hbond substituents is 1. The molecule has 2 aromatic rings. The maximum Gasteiger partial charge on any atom is 0.312 e. The summed E-state index contributed by atoms with van der Waals surface area (Å²) in [6.07, 6.45) is 0.261. The normalized spacial score (nSPS) is 19.0. The van der Waals surface area contributed by atoms with Crippen molar-refractivity contribution in [3.05, 3.63) is 47.5 Å². The Hall–Kier alpha value is -2.69. The number of phenols is 1. The lowest BCUT2D eigenvalue weighted by molar-refractivity contribution is -0.135. The van der Waals surface area contributed by atoms with Gasteiger partial charge >= 0.3 is 5.97 Å². The van der Waals surface area contributed by atoms with Gasteiger partial charge in [0.2, 0.25) is 6.79 Å². The molecule has 2 aromatic carbocycles. The fourth-order valence-corrected chi connectivity index (χ4v) is 2.77. The molecule has 1 atom stereocenters. The third-order valence-electron chi connectivity index (χ3n) is 3.77. The summed E-state index contributed by atoms with van der Waals surface area (Å²) in [6.45, 7) is 0.218. The van der Waals surface area contributed by atoms with E-state index < -0.39 is 0 Å². The van der Waals surface area contributed by atoms with Crippen LogP contribution in [0.1, 0.15) is 23.5 Å². The van der Waals surface area contributed by atoms with Crippen LogP contribution in [0.3, 0.4) is 0 Å². The number of aromatic hydroxyl groups is 1. The van der Waals surface area contributed by atoms with Gasteiger partial charge in [-0.3, -0.25) is 4.79 Å². The molecule has 106 valence electrons. The minimum absolute atomic E-state index is 0.0767. The molecule has 2 heterocycles. The first-order valence-corrected chi connectivity index (χ1v) is 6.64. The first-order chi connectivity index (χ1) is 10.2. The highest BCUT2D eigenvalue weighted by Gasteiger charge is 2.29. The highest BCUT2D eigenvalue weighted by molar-refractivity contribution is 5.78. The van der Waals surface area contributed by atoms with Crippen molar-refractivity contribution < 1.29 is 24.1 Å². The van der Waals surface area contributed by atoms with Gasteiger partial charge in [-0.1, -0.05) is 12.1 Å². The lowest BCUT2D eigenvalue weighted by Crippen LogP contribution is -2.20. The Kier molecular flexibility index (Phi) is 2.54. The minimum Gasteiger partial charge on any atom is -0.508 e. The third-order valence-corrected chi connectivity index (χ3v) is 3.77. The summed E-state index contributed by atoms with van der Waals surface area (Å²) in [6, 6.07) is 10.5. The van der Waals surface area contributed by atoms with Crippen LogP contribution in [0.5, 0.6) is 23.0 Å². The zero-order valence-electron chi connectivity index (χ0n) is 11.0. The van der Waals surface area contributed by atoms with Gasteiger partial charge in [0.1, 0.15) is 11.5 Å². The Morgan fingerprint density at radius 2 is 1.86 bits per heavy atom. The van der Waals surface area contributed by atoms with E-state index in [1.165, 1.54) is 6.07 Å². The SMILES string of the molecule is O=C1CC(c2ccc3c(c2)OCO3)c2ccc(O)cc2O1. The predicted molar refractivity (Wildman–Crippen MR) is 72.8 cm³/mol. The Bertz CT molecular complexity index is 737. The summed E-state index contributed by atoms with van der Waals surface area (Å²) in [5.41, 5.74) is 1.84. The number of carbonyl (C=O) groups is 1. The van der Waals surface area contributed by atoms with Crippen molar-refractivity contribution in [2.75, 3.05) is 6.79 Å². The van der Waals surface area contributed by atoms with Gasteiger partial charge in [-0.2, -0.15) is 0 Å². The number of ether oxygens (including phenoxy) is 3. The second kappa shape index (κ2) is 4.41. The van der Waals surface area contributed by atoms with Gasteiger partial charge in [0.25, 0.3) is 0 Å². The molecule has 0 spiro atoms. The molecule has 2 aliphatic heterocycles. The Morgan fingerprint density at radius 1 is 1.00 bits per heavy atom. The van der Waals surface area contributed by atoms with Crippen LogP contribution in [0.4, 0.5) is 0 Å². The highest BCUT2D eigenvalue weighted by Crippen LogP contribution is 2.43. The lowest BCUT2D eigenvalue weighted by Gasteiger charge is -2.25. The van der Waals surface area contributed by atoms with Crippen LogP contribution in [-0.2, 0) is 4.79 Å². The summed E-state index contributed by atoms with van der Waals surface area (Å²) in [7, 11) is 0. The summed E-state index contributed by atoms with van der Waals surface area (Å²) < 4.78 is 15.9. The average molecular weight is 284 g/mol. The Balaban J connectivity index is 1.80. The summed E-state index contributed by atoms with van der Waals surface area (Å²) >= 11 is 0. The van der Waals surface area contributed by atoms with E-state index in [2.05, 4.69) is 0 Å². The van der Waals surface area contributed by atoms with E-state index in [9.17, 15) is 9.90 Å². The molecular formula is C16H12O5. The van der Waals surface area contributed by atoms with Crippen molar-refractivity contribution in [2.45, 2.75) is 12.3 Å². The molecule has 0 saturated carbocycles. The van der Waals surface area contributed by atoms with Crippen LogP contribution >= 0.6 is 0 Å². The summed E-state index contributed by atoms with van der Waals surface area (Å²) in [5, 5.41) is 9.53. The predicted octanol–water partition coefficient (Wildman–Crippen LogP) is 2.56. The quantitative estimate of drug-likeness (QED) is 0.644. The number of benzene rings is 2. The van der Waals surface area contributed by atoms with Gasteiger partial charge in [-0.25, -0.2) is 0 Å². The Morgan fingerprint density at radius 3 is 2.76 bits per heavy atom. The second-order valence-electron chi connectivity index (χ2n) is 5.07. The van der Waals surface area contributed by atoms with Gasteiger partial charge < -0.3 is 19.3 Å². The molecule has 21 heavy (non-hydrogen) atoms. The van der Waals surface area contributed by atoms with E-state index in [0.717, 1.165) is 11.1 Å². The topological polar surface area (TPSA) is 65.0 Å². The molecule has 0 fully saturated rings. The zero-order chi connectivity index (χ0) is 14.4. The highest BCUT2D eigenvalue weighted by atomic mass is 16.7. The number of carbonyl (C=O) groups excluding carboxylic acids is 1. The monoisotopic (exact) mass is 284 g/mol. The average Bonchev–Trinajstić information content (AvgIpc) is 2.93. The van der Waals surface area contributed by atoms with Crippen LogP contribution in [0.15, 0.2) is 36.4 Å². The molecule has 0 aliphatic carbocycles. The van der Waals surface area contributed by atoms with Crippen molar-refractivity contribution in [3.8, 4) is 23.0 Å². The van der Waals surface area contributed by atoms with Crippen molar-refractivity contribution in [2.24, 2.45) is 0 Å². The van der Waals surface area contributed by atoms with E-state index >= 15 is 0 Å². The lowest BCUT2D eigenvalue weighted by atomic mass is 9.86. The molecule has 0 saturated heterocycles. The number of hydrogen-bond acceptors (Lipinski definition) is 5. The van der Waals surface area contributed by atoms with Crippen molar-refractivity contribution in [1.82, 2.24) is 0 Å². The molecule has 0 aromatic heterocycles. The number of fused-ring (bicyclic) bond motifs is 2. The molecule has 5 nitrogen and oxygen atoms in total. The smallest absolute Gasteiger partial charge is 0.312 e. The molecule has 0 radical (unpaired) electrons. The van der Waals surface area contributed by atoms with Gasteiger partial charge in [0.05, 0.1) is 6.42 Å². The Labute approximate surface area is 120 Å². The second-order valence-corrected chi connectivity index (χ2v) is 5.07. The first kappa shape index (κ1) is 12.1. The number of hydrogen-bond donors (Lipinski definition) is 1.